The van der Waals surface area contributed by atoms with Gasteiger partial charge in [-0.15, -0.1) is 0 Å². The zero-order valence-corrected chi connectivity index (χ0v) is 13.7. The van der Waals surface area contributed by atoms with Gasteiger partial charge in [-0.05, 0) is 17.5 Å². The molecule has 0 radical (unpaired) electrons. The average molecular weight is 319 g/mol. The highest BCUT2D eigenvalue weighted by Crippen LogP contribution is 2.53. The summed E-state index contributed by atoms with van der Waals surface area (Å²) < 4.78 is 4.83. The van der Waals surface area contributed by atoms with Crippen LogP contribution in [0.15, 0.2) is 60.7 Å². The molecule has 0 aliphatic carbocycles. The average Bonchev–Trinajstić information content (AvgIpc) is 2.53. The third-order valence-electron chi connectivity index (χ3n) is 3.72. The van der Waals surface area contributed by atoms with Crippen molar-refractivity contribution in [3.8, 4) is 0 Å². The minimum absolute atomic E-state index is 0.727. The Morgan fingerprint density at radius 3 is 1.62 bits per heavy atom. The van der Waals surface area contributed by atoms with Crippen molar-refractivity contribution in [2.75, 3.05) is 13.1 Å². The van der Waals surface area contributed by atoms with Crippen LogP contribution in [0.5, 0.6) is 0 Å². The Bertz CT molecular complexity index is 500. The van der Waals surface area contributed by atoms with E-state index in [0.717, 1.165) is 26.2 Å². The highest BCUT2D eigenvalue weighted by molar-refractivity contribution is 7.80. The summed E-state index contributed by atoms with van der Waals surface area (Å²) in [6.07, 6.45) is 1.19. The molecular weight excluding hydrogens is 299 g/mol. The lowest BCUT2D eigenvalue weighted by Crippen LogP contribution is -2.34. The van der Waals surface area contributed by atoms with Gasteiger partial charge in [0.2, 0.25) is 0 Å². The fraction of sp³-hybridized carbons (Fsp3) is 0.294. The van der Waals surface area contributed by atoms with E-state index in [1.807, 2.05) is 0 Å². The van der Waals surface area contributed by atoms with Gasteiger partial charge in [0.25, 0.3) is 0 Å². The van der Waals surface area contributed by atoms with Crippen molar-refractivity contribution in [1.29, 1.82) is 0 Å². The van der Waals surface area contributed by atoms with E-state index >= 15 is 0 Å². The van der Waals surface area contributed by atoms with Crippen LogP contribution in [0.25, 0.3) is 0 Å². The van der Waals surface area contributed by atoms with Gasteiger partial charge >= 0.3 is 0 Å². The number of hydrogen-bond acceptors (Lipinski definition) is 2. The second-order valence-corrected chi connectivity index (χ2v) is 7.86. The van der Waals surface area contributed by atoms with E-state index in [0.29, 0.717) is 0 Å². The van der Waals surface area contributed by atoms with E-state index in [1.165, 1.54) is 17.5 Å². The molecule has 0 saturated carbocycles. The molecule has 2 aromatic carbocycles. The topological polar surface area (TPSA) is 6.48 Å². The lowest BCUT2D eigenvalue weighted by Gasteiger charge is -2.39. The van der Waals surface area contributed by atoms with Crippen molar-refractivity contribution in [1.82, 2.24) is 9.34 Å². The van der Waals surface area contributed by atoms with E-state index in [-0.39, 0.29) is 0 Å². The molecule has 1 saturated heterocycles. The molecule has 0 unspecified atom stereocenters. The maximum absolute atomic E-state index is 6.77. The highest BCUT2D eigenvalue weighted by atomic mass is 35.7. The summed E-state index contributed by atoms with van der Waals surface area (Å²) >= 11 is 6.77. The summed E-state index contributed by atoms with van der Waals surface area (Å²) in [6, 6.07) is 21.2. The Morgan fingerprint density at radius 2 is 1.19 bits per heavy atom. The molecule has 0 atom stereocenters. The first-order valence-corrected chi connectivity index (χ1v) is 9.51. The lowest BCUT2D eigenvalue weighted by molar-refractivity contribution is 0.317. The molecule has 1 fully saturated rings. The van der Waals surface area contributed by atoms with Gasteiger partial charge in [-0.1, -0.05) is 71.9 Å². The summed E-state index contributed by atoms with van der Waals surface area (Å²) in [7, 11) is -0.727. The van der Waals surface area contributed by atoms with Crippen molar-refractivity contribution in [3.63, 3.8) is 0 Å². The van der Waals surface area contributed by atoms with Gasteiger partial charge in [0.15, 0.2) is 0 Å². The number of nitrogens with zero attached hydrogens (tertiary/aromatic N) is 2. The van der Waals surface area contributed by atoms with Crippen LogP contribution in [0.4, 0.5) is 0 Å². The summed E-state index contributed by atoms with van der Waals surface area (Å²) in [5.74, 6) is 0. The number of halogens is 1. The monoisotopic (exact) mass is 318 g/mol. The van der Waals surface area contributed by atoms with Crippen LogP contribution in [-0.2, 0) is 13.1 Å². The summed E-state index contributed by atoms with van der Waals surface area (Å²) in [5, 5.41) is 0. The van der Waals surface area contributed by atoms with Crippen LogP contribution in [0.3, 0.4) is 0 Å². The van der Waals surface area contributed by atoms with Gasteiger partial charge in [-0.2, -0.15) is 0 Å². The molecule has 1 aliphatic heterocycles. The standard InChI is InChI=1S/C17H20ClN2P/c18-21-19(14-16-8-3-1-4-9-16)12-7-13-20(21)15-17-10-5-2-6-11-17/h1-6,8-11H,7,12-15H2. The van der Waals surface area contributed by atoms with Crippen molar-refractivity contribution < 1.29 is 0 Å². The smallest absolute Gasteiger partial charge is 0.140 e. The molecule has 1 heterocycles. The third-order valence-corrected chi connectivity index (χ3v) is 6.61. The van der Waals surface area contributed by atoms with Crippen LogP contribution in [0, 0.1) is 0 Å². The van der Waals surface area contributed by atoms with Crippen LogP contribution >= 0.6 is 18.8 Å². The Kier molecular flexibility index (Phi) is 5.27. The Balaban J connectivity index is 1.64. The first-order valence-electron chi connectivity index (χ1n) is 7.36. The maximum Gasteiger partial charge on any atom is 0.140 e. The third kappa shape index (κ3) is 4.05. The Morgan fingerprint density at radius 1 is 0.762 bits per heavy atom. The summed E-state index contributed by atoms with van der Waals surface area (Å²) in [6.45, 7) is 4.08. The second kappa shape index (κ2) is 7.38. The van der Waals surface area contributed by atoms with Crippen molar-refractivity contribution >= 4 is 18.8 Å². The zero-order valence-electron chi connectivity index (χ0n) is 12.0. The minimum Gasteiger partial charge on any atom is -0.253 e. The van der Waals surface area contributed by atoms with Crippen LogP contribution in [0.1, 0.15) is 17.5 Å². The molecule has 0 aromatic heterocycles. The molecule has 0 spiro atoms. The van der Waals surface area contributed by atoms with Gasteiger partial charge < -0.3 is 0 Å². The quantitative estimate of drug-likeness (QED) is 0.743. The number of hydrogen-bond donors (Lipinski definition) is 0. The summed E-state index contributed by atoms with van der Waals surface area (Å²) in [5.41, 5.74) is 2.68. The molecule has 2 nitrogen and oxygen atoms in total. The lowest BCUT2D eigenvalue weighted by atomic mass is 10.2. The first-order chi connectivity index (χ1) is 10.3. The van der Waals surface area contributed by atoms with Gasteiger partial charge in [-0.3, -0.25) is 9.34 Å². The normalized spacial score (nSPS) is 18.0. The van der Waals surface area contributed by atoms with E-state index in [1.54, 1.807) is 0 Å². The van der Waals surface area contributed by atoms with Gasteiger partial charge in [0.05, 0.1) is 0 Å². The molecule has 21 heavy (non-hydrogen) atoms. The van der Waals surface area contributed by atoms with Crippen molar-refractivity contribution in [3.05, 3.63) is 71.8 Å². The molecule has 3 rings (SSSR count). The van der Waals surface area contributed by atoms with Crippen molar-refractivity contribution in [2.24, 2.45) is 0 Å². The fourth-order valence-electron chi connectivity index (χ4n) is 2.64. The molecule has 2 aromatic rings. The largest absolute Gasteiger partial charge is 0.253 e. The van der Waals surface area contributed by atoms with E-state index in [9.17, 15) is 0 Å². The maximum atomic E-state index is 6.77. The summed E-state index contributed by atoms with van der Waals surface area (Å²) in [4.78, 5) is 0. The molecule has 0 N–H and O–H groups in total. The molecular formula is C17H20ClN2P. The van der Waals surface area contributed by atoms with E-state index in [4.69, 9.17) is 11.2 Å². The molecule has 1 aliphatic rings. The minimum atomic E-state index is -0.727. The molecule has 0 amide bonds. The Hall–Kier alpha value is -0.920. The molecule has 4 heteroatoms. The zero-order chi connectivity index (χ0) is 14.5. The number of benzene rings is 2. The predicted molar refractivity (Wildman–Crippen MR) is 91.1 cm³/mol. The van der Waals surface area contributed by atoms with E-state index in [2.05, 4.69) is 70.0 Å². The van der Waals surface area contributed by atoms with E-state index < -0.39 is 7.58 Å². The van der Waals surface area contributed by atoms with Crippen molar-refractivity contribution in [2.45, 2.75) is 19.5 Å². The number of rotatable bonds is 4. The van der Waals surface area contributed by atoms with Gasteiger partial charge in [0.1, 0.15) is 7.58 Å². The molecule has 110 valence electrons. The fourth-order valence-corrected chi connectivity index (χ4v) is 4.95. The van der Waals surface area contributed by atoms with Crippen LogP contribution in [0.2, 0.25) is 0 Å². The Labute approximate surface area is 133 Å². The van der Waals surface area contributed by atoms with Crippen LogP contribution < -0.4 is 0 Å². The molecule has 0 bridgehead atoms. The predicted octanol–water partition coefficient (Wildman–Crippen LogP) is 4.86. The first kappa shape index (κ1) is 15.0. The highest BCUT2D eigenvalue weighted by Gasteiger charge is 2.28. The van der Waals surface area contributed by atoms with Crippen LogP contribution in [-0.4, -0.2) is 22.4 Å². The second-order valence-electron chi connectivity index (χ2n) is 5.34. The van der Waals surface area contributed by atoms with Gasteiger partial charge in [-0.25, -0.2) is 0 Å². The SMILES string of the molecule is ClP1N(Cc2ccccc2)CCCN1Cc1ccccc1. The van der Waals surface area contributed by atoms with Gasteiger partial charge in [0, 0.05) is 26.2 Å².